The van der Waals surface area contributed by atoms with Crippen molar-refractivity contribution in [2.24, 2.45) is 0 Å². The lowest BCUT2D eigenvalue weighted by Crippen LogP contribution is -2.17. The van der Waals surface area contributed by atoms with Crippen LogP contribution in [0.5, 0.6) is 0 Å². The van der Waals surface area contributed by atoms with Gasteiger partial charge in [0.25, 0.3) is 0 Å². The van der Waals surface area contributed by atoms with Gasteiger partial charge in [0.2, 0.25) is 5.95 Å². The molecular weight excluding hydrogens is 234 g/mol. The van der Waals surface area contributed by atoms with Crippen LogP contribution in [-0.2, 0) is 6.54 Å². The maximum Gasteiger partial charge on any atom is 0.327 e. The Bertz CT molecular complexity index is 576. The number of nitrogens with one attached hydrogen (secondary N) is 1. The van der Waals surface area contributed by atoms with Gasteiger partial charge in [-0.3, -0.25) is 4.57 Å². The third kappa shape index (κ3) is 1.74. The van der Waals surface area contributed by atoms with Crippen LogP contribution >= 0.6 is 11.6 Å². The number of imidazole rings is 1. The van der Waals surface area contributed by atoms with Gasteiger partial charge in [-0.25, -0.2) is 4.79 Å². The van der Waals surface area contributed by atoms with Crippen LogP contribution < -0.4 is 11.4 Å². The maximum absolute atomic E-state index is 11.6. The molecule has 0 aliphatic rings. The molecular formula is C8H10ClN5O2. The predicted octanol–water partition coefficient (Wildman–Crippen LogP) is -0.262. The maximum atomic E-state index is 11.6. The number of aromatic amines is 1. The Kier molecular flexibility index (Phi) is 2.80. The highest BCUT2D eigenvalue weighted by Crippen LogP contribution is 2.17. The van der Waals surface area contributed by atoms with Crippen molar-refractivity contribution in [3.63, 3.8) is 0 Å². The van der Waals surface area contributed by atoms with Gasteiger partial charge < -0.3 is 15.8 Å². The fraction of sp³-hybridized carbons (Fsp3) is 0.375. The average Bonchev–Trinajstić information content (AvgIpc) is 2.53. The third-order valence-corrected chi connectivity index (χ3v) is 2.41. The van der Waals surface area contributed by atoms with Crippen LogP contribution in [-0.4, -0.2) is 31.2 Å². The Morgan fingerprint density at radius 2 is 2.25 bits per heavy atom. The van der Waals surface area contributed by atoms with Gasteiger partial charge >= 0.3 is 5.69 Å². The molecule has 7 nitrogen and oxygen atoms in total. The van der Waals surface area contributed by atoms with Crippen molar-refractivity contribution in [3.8, 4) is 0 Å². The second-order valence-corrected chi connectivity index (χ2v) is 3.59. The fourth-order valence-corrected chi connectivity index (χ4v) is 1.67. The molecule has 0 bridgehead atoms. The number of fused-ring (bicyclic) bond motifs is 1. The number of nitrogens with zero attached hydrogens (tertiary/aromatic N) is 3. The molecule has 86 valence electrons. The van der Waals surface area contributed by atoms with E-state index in [9.17, 15) is 4.79 Å². The summed E-state index contributed by atoms with van der Waals surface area (Å²) in [5.74, 6) is 0.00856. The normalized spacial score (nSPS) is 11.1. The molecule has 0 atom stereocenters. The van der Waals surface area contributed by atoms with Gasteiger partial charge in [-0.2, -0.15) is 9.97 Å². The minimum Gasteiger partial charge on any atom is -0.396 e. The van der Waals surface area contributed by atoms with Crippen LogP contribution in [0.2, 0.25) is 5.15 Å². The van der Waals surface area contributed by atoms with Gasteiger partial charge in [0.15, 0.2) is 10.8 Å². The SMILES string of the molecule is Nc1nc(Cl)c2[nH]c(=O)n(CCCO)c2n1. The third-order valence-electron chi connectivity index (χ3n) is 2.14. The molecule has 0 saturated carbocycles. The van der Waals surface area contributed by atoms with Crippen LogP contribution in [0.15, 0.2) is 4.79 Å². The van der Waals surface area contributed by atoms with Crippen molar-refractivity contribution >= 4 is 28.7 Å². The second-order valence-electron chi connectivity index (χ2n) is 3.23. The van der Waals surface area contributed by atoms with Crippen molar-refractivity contribution in [2.75, 3.05) is 12.3 Å². The van der Waals surface area contributed by atoms with E-state index in [2.05, 4.69) is 15.0 Å². The molecule has 2 aromatic heterocycles. The Balaban J connectivity index is 2.64. The van der Waals surface area contributed by atoms with E-state index in [0.29, 0.717) is 24.1 Å². The van der Waals surface area contributed by atoms with Crippen LogP contribution in [0.4, 0.5) is 5.95 Å². The van der Waals surface area contributed by atoms with Gasteiger partial charge in [-0.15, -0.1) is 0 Å². The average molecular weight is 244 g/mol. The second kappa shape index (κ2) is 4.11. The molecule has 2 rings (SSSR count). The molecule has 8 heteroatoms. The lowest BCUT2D eigenvalue weighted by atomic mass is 10.4. The van der Waals surface area contributed by atoms with E-state index in [1.54, 1.807) is 0 Å². The number of aromatic nitrogens is 4. The van der Waals surface area contributed by atoms with E-state index in [4.69, 9.17) is 22.4 Å². The highest BCUT2D eigenvalue weighted by Gasteiger charge is 2.12. The highest BCUT2D eigenvalue weighted by atomic mass is 35.5. The lowest BCUT2D eigenvalue weighted by Gasteiger charge is -2.01. The molecule has 2 aromatic rings. The zero-order valence-corrected chi connectivity index (χ0v) is 9.03. The van der Waals surface area contributed by atoms with Crippen molar-refractivity contribution < 1.29 is 5.11 Å². The molecule has 0 radical (unpaired) electrons. The molecule has 0 aromatic carbocycles. The van der Waals surface area contributed by atoms with Gasteiger partial charge in [0.1, 0.15) is 5.52 Å². The summed E-state index contributed by atoms with van der Waals surface area (Å²) < 4.78 is 1.37. The summed E-state index contributed by atoms with van der Waals surface area (Å²) in [6, 6.07) is 0. The number of hydrogen-bond acceptors (Lipinski definition) is 5. The summed E-state index contributed by atoms with van der Waals surface area (Å²) in [6.07, 6.45) is 0.453. The molecule has 16 heavy (non-hydrogen) atoms. The number of aliphatic hydroxyl groups excluding tert-OH is 1. The Morgan fingerprint density at radius 3 is 2.94 bits per heavy atom. The number of halogens is 1. The number of nitrogen functional groups attached to an aromatic ring is 1. The molecule has 0 spiro atoms. The summed E-state index contributed by atoms with van der Waals surface area (Å²) in [7, 11) is 0. The molecule has 4 N–H and O–H groups in total. The Hall–Kier alpha value is -1.60. The number of H-pyrrole nitrogens is 1. The van der Waals surface area contributed by atoms with Crippen molar-refractivity contribution in [1.29, 1.82) is 0 Å². The van der Waals surface area contributed by atoms with Crippen LogP contribution in [0.1, 0.15) is 6.42 Å². The van der Waals surface area contributed by atoms with E-state index in [1.165, 1.54) is 4.57 Å². The van der Waals surface area contributed by atoms with Crippen LogP contribution in [0, 0.1) is 0 Å². The molecule has 0 unspecified atom stereocenters. The van der Waals surface area contributed by atoms with E-state index in [-0.39, 0.29) is 23.4 Å². The van der Waals surface area contributed by atoms with Gasteiger partial charge in [0.05, 0.1) is 0 Å². The molecule has 0 aliphatic heterocycles. The molecule has 0 saturated heterocycles. The smallest absolute Gasteiger partial charge is 0.327 e. The minimum atomic E-state index is -0.342. The van der Waals surface area contributed by atoms with Crippen molar-refractivity contribution in [1.82, 2.24) is 19.5 Å². The number of rotatable bonds is 3. The van der Waals surface area contributed by atoms with E-state index in [0.717, 1.165) is 0 Å². The number of aliphatic hydroxyl groups is 1. The summed E-state index contributed by atoms with van der Waals surface area (Å²) in [5.41, 5.74) is 5.82. The van der Waals surface area contributed by atoms with Gasteiger partial charge in [0, 0.05) is 13.2 Å². The molecule has 0 aliphatic carbocycles. The standard InChI is InChI=1S/C8H10ClN5O2/c9-5-4-6(13-7(10)12-5)14(2-1-3-15)8(16)11-4/h15H,1-3H2,(H,11,16)(H2,10,12,13). The van der Waals surface area contributed by atoms with E-state index < -0.39 is 0 Å². The summed E-state index contributed by atoms with van der Waals surface area (Å²) in [5, 5.41) is 8.84. The largest absolute Gasteiger partial charge is 0.396 e. The first kappa shape index (κ1) is 10.9. The number of hydrogen-bond donors (Lipinski definition) is 3. The van der Waals surface area contributed by atoms with Crippen molar-refractivity contribution in [3.05, 3.63) is 15.6 Å². The summed E-state index contributed by atoms with van der Waals surface area (Å²) >= 11 is 5.82. The first-order valence-corrected chi connectivity index (χ1v) is 5.03. The summed E-state index contributed by atoms with van der Waals surface area (Å²) in [4.78, 5) is 21.8. The number of aryl methyl sites for hydroxylation is 1. The predicted molar refractivity (Wildman–Crippen MR) is 59.3 cm³/mol. The fourth-order valence-electron chi connectivity index (χ4n) is 1.45. The topological polar surface area (TPSA) is 110 Å². The van der Waals surface area contributed by atoms with Crippen LogP contribution in [0.3, 0.4) is 0 Å². The summed E-state index contributed by atoms with van der Waals surface area (Å²) in [6.45, 7) is 0.343. The zero-order valence-electron chi connectivity index (χ0n) is 8.27. The monoisotopic (exact) mass is 243 g/mol. The van der Waals surface area contributed by atoms with Crippen molar-refractivity contribution in [2.45, 2.75) is 13.0 Å². The zero-order chi connectivity index (χ0) is 11.7. The number of nitrogens with two attached hydrogens (primary N) is 1. The first-order chi connectivity index (χ1) is 7.63. The molecule has 0 amide bonds. The van der Waals surface area contributed by atoms with Gasteiger partial charge in [-0.05, 0) is 6.42 Å². The number of anilines is 1. The van der Waals surface area contributed by atoms with E-state index in [1.807, 2.05) is 0 Å². The minimum absolute atomic E-state index is 0.00654. The molecule has 0 fully saturated rings. The first-order valence-electron chi connectivity index (χ1n) is 4.66. The quantitative estimate of drug-likeness (QED) is 0.643. The van der Waals surface area contributed by atoms with Crippen LogP contribution in [0.25, 0.3) is 11.2 Å². The lowest BCUT2D eigenvalue weighted by molar-refractivity contribution is 0.280. The highest BCUT2D eigenvalue weighted by molar-refractivity contribution is 6.33. The van der Waals surface area contributed by atoms with Gasteiger partial charge in [-0.1, -0.05) is 11.6 Å². The Labute approximate surface area is 94.9 Å². The Morgan fingerprint density at radius 1 is 1.50 bits per heavy atom. The van der Waals surface area contributed by atoms with E-state index >= 15 is 0 Å². The molecule has 2 heterocycles.